The highest BCUT2D eigenvalue weighted by Crippen LogP contribution is 2.25. The molecule has 2 heterocycles. The van der Waals surface area contributed by atoms with Gasteiger partial charge in [0.2, 0.25) is 5.95 Å². The molecule has 3 N–H and O–H groups in total. The van der Waals surface area contributed by atoms with E-state index in [1.165, 1.54) is 0 Å². The first kappa shape index (κ1) is 16.6. The molecule has 0 radical (unpaired) electrons. The molecular formula is C18H22N6O2. The summed E-state index contributed by atoms with van der Waals surface area (Å²) in [5, 5.41) is 3.29. The lowest BCUT2D eigenvalue weighted by molar-refractivity contribution is 0.414. The van der Waals surface area contributed by atoms with Crippen molar-refractivity contribution in [2.24, 2.45) is 5.73 Å². The van der Waals surface area contributed by atoms with E-state index < -0.39 is 0 Å². The Bertz CT molecular complexity index is 989. The molecule has 2 aromatic heterocycles. The first-order chi connectivity index (χ1) is 12.7. The van der Waals surface area contributed by atoms with Gasteiger partial charge in [-0.2, -0.15) is 4.98 Å². The summed E-state index contributed by atoms with van der Waals surface area (Å²) in [6, 6.07) is 7.83. The number of aryl methyl sites for hydroxylation is 1. The van der Waals surface area contributed by atoms with Crippen molar-refractivity contribution >= 4 is 17.1 Å². The summed E-state index contributed by atoms with van der Waals surface area (Å²) < 4.78 is 8.59. The van der Waals surface area contributed by atoms with Crippen molar-refractivity contribution in [1.82, 2.24) is 19.1 Å². The molecule has 1 aromatic carbocycles. The molecule has 1 aliphatic carbocycles. The molecule has 4 rings (SSSR count). The number of hydrogen-bond donors (Lipinski definition) is 2. The highest BCUT2D eigenvalue weighted by atomic mass is 16.5. The number of anilines is 1. The Morgan fingerprint density at radius 2 is 2.23 bits per heavy atom. The number of nitrogens with zero attached hydrogens (tertiary/aromatic N) is 4. The zero-order valence-electron chi connectivity index (χ0n) is 14.7. The maximum atomic E-state index is 13.1. The molecule has 0 saturated heterocycles. The molecule has 8 heteroatoms. The van der Waals surface area contributed by atoms with E-state index in [9.17, 15) is 4.79 Å². The standard InChI is InChI=1S/C18H22N6O2/c1-26-14-5-2-4-13(10-14)24-16-15(23(18(24)25)9-3-8-19)11-20-17(22-16)21-12-6-7-12/h2,4-5,10-12H,3,6-9,19H2,1H3,(H,20,21,22). The van der Waals surface area contributed by atoms with E-state index in [1.807, 2.05) is 24.3 Å². The average molecular weight is 354 g/mol. The van der Waals surface area contributed by atoms with E-state index in [-0.39, 0.29) is 5.69 Å². The van der Waals surface area contributed by atoms with Crippen molar-refractivity contribution in [3.05, 3.63) is 40.9 Å². The molecule has 1 fully saturated rings. The van der Waals surface area contributed by atoms with Crippen LogP contribution in [-0.4, -0.2) is 38.8 Å². The second-order valence-electron chi connectivity index (χ2n) is 6.43. The molecule has 1 aliphatic rings. The fraction of sp³-hybridized carbons (Fsp3) is 0.389. The number of rotatable bonds is 7. The minimum Gasteiger partial charge on any atom is -0.497 e. The topological polar surface area (TPSA) is 100.0 Å². The molecule has 0 aliphatic heterocycles. The predicted octanol–water partition coefficient (Wildman–Crippen LogP) is 1.51. The van der Waals surface area contributed by atoms with Crippen LogP contribution >= 0.6 is 0 Å². The van der Waals surface area contributed by atoms with Gasteiger partial charge < -0.3 is 15.8 Å². The van der Waals surface area contributed by atoms with Gasteiger partial charge in [0.05, 0.1) is 19.0 Å². The normalized spacial score (nSPS) is 13.9. The van der Waals surface area contributed by atoms with E-state index >= 15 is 0 Å². The van der Waals surface area contributed by atoms with Gasteiger partial charge >= 0.3 is 5.69 Å². The minimum absolute atomic E-state index is 0.153. The Hall–Kier alpha value is -2.87. The van der Waals surface area contributed by atoms with Gasteiger partial charge in [0.1, 0.15) is 11.3 Å². The highest BCUT2D eigenvalue weighted by Gasteiger charge is 2.23. The van der Waals surface area contributed by atoms with Gasteiger partial charge in [0.15, 0.2) is 5.65 Å². The summed E-state index contributed by atoms with van der Waals surface area (Å²) in [4.78, 5) is 22.1. The quantitative estimate of drug-likeness (QED) is 0.667. The third-order valence-corrected chi connectivity index (χ3v) is 4.48. The number of fused-ring (bicyclic) bond motifs is 1. The van der Waals surface area contributed by atoms with E-state index in [0.29, 0.717) is 54.1 Å². The van der Waals surface area contributed by atoms with E-state index in [4.69, 9.17) is 10.5 Å². The molecule has 0 atom stereocenters. The summed E-state index contributed by atoms with van der Waals surface area (Å²) in [5.41, 5.74) is 7.47. The van der Waals surface area contributed by atoms with Crippen LogP contribution in [0.3, 0.4) is 0 Å². The van der Waals surface area contributed by atoms with Crippen molar-refractivity contribution in [1.29, 1.82) is 0 Å². The van der Waals surface area contributed by atoms with Gasteiger partial charge in [0.25, 0.3) is 0 Å². The summed E-state index contributed by atoms with van der Waals surface area (Å²) >= 11 is 0. The first-order valence-corrected chi connectivity index (χ1v) is 8.80. The van der Waals surface area contributed by atoms with Crippen LogP contribution in [0.1, 0.15) is 19.3 Å². The molecule has 26 heavy (non-hydrogen) atoms. The van der Waals surface area contributed by atoms with E-state index in [2.05, 4.69) is 15.3 Å². The van der Waals surface area contributed by atoms with Gasteiger partial charge in [-0.25, -0.2) is 14.3 Å². The Balaban J connectivity index is 1.89. The van der Waals surface area contributed by atoms with Gasteiger partial charge in [0, 0.05) is 18.7 Å². The van der Waals surface area contributed by atoms with E-state index in [0.717, 1.165) is 12.8 Å². The lowest BCUT2D eigenvalue weighted by Gasteiger charge is -2.06. The Kier molecular flexibility index (Phi) is 4.34. The fourth-order valence-electron chi connectivity index (χ4n) is 2.96. The van der Waals surface area contributed by atoms with Crippen LogP contribution in [0.25, 0.3) is 16.9 Å². The van der Waals surface area contributed by atoms with Gasteiger partial charge in [-0.05, 0) is 37.9 Å². The number of nitrogens with one attached hydrogen (secondary N) is 1. The third-order valence-electron chi connectivity index (χ3n) is 4.48. The Morgan fingerprint density at radius 3 is 2.96 bits per heavy atom. The van der Waals surface area contributed by atoms with Crippen LogP contribution in [0.5, 0.6) is 5.75 Å². The predicted molar refractivity (Wildman–Crippen MR) is 100.0 cm³/mol. The minimum atomic E-state index is -0.153. The average Bonchev–Trinajstić information content (AvgIpc) is 3.43. The number of aromatic nitrogens is 4. The third kappa shape index (κ3) is 3.03. The summed E-state index contributed by atoms with van der Waals surface area (Å²) in [6.07, 6.45) is 4.67. The number of ether oxygens (including phenoxy) is 1. The Morgan fingerprint density at radius 1 is 1.38 bits per heavy atom. The highest BCUT2D eigenvalue weighted by molar-refractivity contribution is 5.74. The van der Waals surface area contributed by atoms with Crippen molar-refractivity contribution in [3.8, 4) is 11.4 Å². The number of benzene rings is 1. The molecule has 1 saturated carbocycles. The van der Waals surface area contributed by atoms with Gasteiger partial charge in [-0.3, -0.25) is 4.57 Å². The van der Waals surface area contributed by atoms with Crippen LogP contribution in [-0.2, 0) is 6.54 Å². The van der Waals surface area contributed by atoms with Crippen molar-refractivity contribution in [3.63, 3.8) is 0 Å². The number of nitrogens with two attached hydrogens (primary N) is 1. The lowest BCUT2D eigenvalue weighted by Crippen LogP contribution is -2.24. The molecule has 0 bridgehead atoms. The van der Waals surface area contributed by atoms with E-state index in [1.54, 1.807) is 22.4 Å². The number of imidazole rings is 1. The summed E-state index contributed by atoms with van der Waals surface area (Å²) in [6.45, 7) is 1.04. The van der Waals surface area contributed by atoms with Crippen LogP contribution in [0.2, 0.25) is 0 Å². The Labute approximate surface area is 150 Å². The molecule has 0 amide bonds. The molecule has 136 valence electrons. The maximum absolute atomic E-state index is 13.1. The zero-order chi connectivity index (χ0) is 18.1. The molecule has 0 spiro atoms. The SMILES string of the molecule is COc1cccc(-n2c(=O)n(CCCN)c3cnc(NC4CC4)nc32)c1. The molecule has 8 nitrogen and oxygen atoms in total. The second kappa shape index (κ2) is 6.80. The molecular weight excluding hydrogens is 332 g/mol. The van der Waals surface area contributed by atoms with Crippen molar-refractivity contribution in [2.45, 2.75) is 31.8 Å². The van der Waals surface area contributed by atoms with Crippen molar-refractivity contribution < 1.29 is 4.74 Å². The monoisotopic (exact) mass is 354 g/mol. The van der Waals surface area contributed by atoms with Crippen LogP contribution in [0, 0.1) is 0 Å². The van der Waals surface area contributed by atoms with Gasteiger partial charge in [-0.1, -0.05) is 6.07 Å². The second-order valence-corrected chi connectivity index (χ2v) is 6.43. The summed E-state index contributed by atoms with van der Waals surface area (Å²) in [5.74, 6) is 1.23. The number of methoxy groups -OCH3 is 1. The largest absolute Gasteiger partial charge is 0.497 e. The maximum Gasteiger partial charge on any atom is 0.335 e. The van der Waals surface area contributed by atoms with Gasteiger partial charge in [-0.15, -0.1) is 0 Å². The zero-order valence-corrected chi connectivity index (χ0v) is 14.7. The first-order valence-electron chi connectivity index (χ1n) is 8.80. The van der Waals surface area contributed by atoms with Crippen LogP contribution < -0.4 is 21.5 Å². The van der Waals surface area contributed by atoms with Crippen LogP contribution in [0.4, 0.5) is 5.95 Å². The lowest BCUT2D eigenvalue weighted by atomic mass is 10.3. The molecule has 0 unspecified atom stereocenters. The number of hydrogen-bond acceptors (Lipinski definition) is 6. The fourth-order valence-corrected chi connectivity index (χ4v) is 2.96. The smallest absolute Gasteiger partial charge is 0.335 e. The molecule has 3 aromatic rings. The van der Waals surface area contributed by atoms with Crippen LogP contribution in [0.15, 0.2) is 35.3 Å². The van der Waals surface area contributed by atoms with Crippen molar-refractivity contribution in [2.75, 3.05) is 19.0 Å². The summed E-state index contributed by atoms with van der Waals surface area (Å²) in [7, 11) is 1.60.